The first kappa shape index (κ1) is 10.6. The van der Waals surface area contributed by atoms with Gasteiger partial charge in [-0.1, -0.05) is 12.1 Å². The zero-order valence-electron chi connectivity index (χ0n) is 8.46. The second-order valence-electron chi connectivity index (χ2n) is 3.05. The fourth-order valence-electron chi connectivity index (χ4n) is 1.15. The van der Waals surface area contributed by atoms with Gasteiger partial charge in [0.15, 0.2) is 0 Å². The van der Waals surface area contributed by atoms with Crippen molar-refractivity contribution in [2.45, 2.75) is 0 Å². The van der Waals surface area contributed by atoms with Crippen molar-refractivity contribution in [2.24, 2.45) is 0 Å². The Bertz CT molecular complexity index is 477. The first-order valence-electron chi connectivity index (χ1n) is 4.78. The van der Waals surface area contributed by atoms with Crippen LogP contribution < -0.4 is 5.32 Å². The van der Waals surface area contributed by atoms with E-state index in [0.717, 1.165) is 4.88 Å². The number of carbonyl (C=O) groups is 1. The number of pyridine rings is 1. The molecule has 1 N–H and O–H groups in total. The number of hydrogen-bond donors (Lipinski definition) is 1. The highest BCUT2D eigenvalue weighted by molar-refractivity contribution is 7.10. The lowest BCUT2D eigenvalue weighted by atomic mass is 10.4. The maximum absolute atomic E-state index is 11.5. The molecule has 3 nitrogen and oxygen atoms in total. The Balaban J connectivity index is 1.95. The average Bonchev–Trinajstić information content (AvgIpc) is 2.81. The van der Waals surface area contributed by atoms with Crippen LogP contribution in [0.25, 0.3) is 6.08 Å². The van der Waals surface area contributed by atoms with Crippen molar-refractivity contribution in [3.63, 3.8) is 0 Å². The minimum Gasteiger partial charge on any atom is -0.307 e. The molecule has 2 heterocycles. The molecule has 80 valence electrons. The van der Waals surface area contributed by atoms with E-state index in [1.807, 2.05) is 23.6 Å². The van der Waals surface area contributed by atoms with E-state index in [4.69, 9.17) is 0 Å². The molecule has 0 unspecified atom stereocenters. The highest BCUT2D eigenvalue weighted by Crippen LogP contribution is 2.10. The van der Waals surface area contributed by atoms with Crippen LogP contribution in [-0.2, 0) is 4.79 Å². The van der Waals surface area contributed by atoms with Gasteiger partial charge in [0.2, 0.25) is 5.91 Å². The Hall–Kier alpha value is -1.94. The van der Waals surface area contributed by atoms with Crippen molar-refractivity contribution in [1.29, 1.82) is 0 Å². The highest BCUT2D eigenvalue weighted by Gasteiger charge is 1.97. The Labute approximate surface area is 97.5 Å². The smallest absolute Gasteiger partial charge is 0.249 e. The zero-order valence-corrected chi connectivity index (χ0v) is 9.28. The number of nitrogens with one attached hydrogen (secondary N) is 1. The number of amides is 1. The number of aromatic nitrogens is 1. The van der Waals surface area contributed by atoms with Gasteiger partial charge in [0.05, 0.1) is 0 Å². The summed E-state index contributed by atoms with van der Waals surface area (Å²) in [4.78, 5) is 16.5. The minimum absolute atomic E-state index is 0.174. The van der Waals surface area contributed by atoms with Crippen LogP contribution >= 0.6 is 11.3 Å². The summed E-state index contributed by atoms with van der Waals surface area (Å²) in [6, 6.07) is 9.27. The summed E-state index contributed by atoms with van der Waals surface area (Å²) in [5.41, 5.74) is 0. The van der Waals surface area contributed by atoms with E-state index in [0.29, 0.717) is 5.82 Å². The summed E-state index contributed by atoms with van der Waals surface area (Å²) in [5, 5.41) is 4.64. The predicted molar refractivity (Wildman–Crippen MR) is 66.2 cm³/mol. The zero-order chi connectivity index (χ0) is 11.2. The summed E-state index contributed by atoms with van der Waals surface area (Å²) in [7, 11) is 0. The van der Waals surface area contributed by atoms with Crippen LogP contribution in [0.15, 0.2) is 48.0 Å². The van der Waals surface area contributed by atoms with Crippen molar-refractivity contribution in [1.82, 2.24) is 4.98 Å². The molecule has 0 bridgehead atoms. The molecule has 0 atom stereocenters. The van der Waals surface area contributed by atoms with E-state index in [2.05, 4.69) is 10.3 Å². The standard InChI is InChI=1S/C12H10N2OS/c15-12(7-6-10-4-3-9-16-10)14-11-5-1-2-8-13-11/h1-9H,(H,13,14,15)/b7-6+. The van der Waals surface area contributed by atoms with Gasteiger partial charge in [0, 0.05) is 17.2 Å². The summed E-state index contributed by atoms with van der Waals surface area (Å²) in [6.07, 6.45) is 4.92. The van der Waals surface area contributed by atoms with Gasteiger partial charge in [-0.3, -0.25) is 4.79 Å². The summed E-state index contributed by atoms with van der Waals surface area (Å²) >= 11 is 1.59. The van der Waals surface area contributed by atoms with Gasteiger partial charge in [0.1, 0.15) is 5.82 Å². The largest absolute Gasteiger partial charge is 0.307 e. The molecule has 0 saturated carbocycles. The fraction of sp³-hybridized carbons (Fsp3) is 0. The molecule has 0 aliphatic rings. The molecule has 2 aromatic rings. The summed E-state index contributed by atoms with van der Waals surface area (Å²) < 4.78 is 0. The molecule has 16 heavy (non-hydrogen) atoms. The molecule has 0 aliphatic heterocycles. The maximum atomic E-state index is 11.5. The molecule has 0 aromatic carbocycles. The number of carbonyl (C=O) groups excluding carboxylic acids is 1. The number of anilines is 1. The van der Waals surface area contributed by atoms with Crippen molar-refractivity contribution in [3.8, 4) is 0 Å². The van der Waals surface area contributed by atoms with Crippen LogP contribution in [-0.4, -0.2) is 10.9 Å². The van der Waals surface area contributed by atoms with Crippen LogP contribution in [0.5, 0.6) is 0 Å². The van der Waals surface area contributed by atoms with E-state index in [1.54, 1.807) is 35.7 Å². The quantitative estimate of drug-likeness (QED) is 0.824. The fourth-order valence-corrected chi connectivity index (χ4v) is 1.77. The lowest BCUT2D eigenvalue weighted by Crippen LogP contribution is -2.08. The maximum Gasteiger partial charge on any atom is 0.249 e. The SMILES string of the molecule is O=C(/C=C/c1cccs1)Nc1ccccn1. The Morgan fingerprint density at radius 2 is 2.25 bits per heavy atom. The third-order valence-corrected chi connectivity index (χ3v) is 2.70. The van der Waals surface area contributed by atoms with Gasteiger partial charge in [0.25, 0.3) is 0 Å². The van der Waals surface area contributed by atoms with E-state index in [-0.39, 0.29) is 5.91 Å². The number of rotatable bonds is 3. The van der Waals surface area contributed by atoms with Gasteiger partial charge in [-0.2, -0.15) is 0 Å². The van der Waals surface area contributed by atoms with Gasteiger partial charge >= 0.3 is 0 Å². The number of hydrogen-bond acceptors (Lipinski definition) is 3. The average molecular weight is 230 g/mol. The van der Waals surface area contributed by atoms with E-state index >= 15 is 0 Å². The van der Waals surface area contributed by atoms with Gasteiger partial charge < -0.3 is 5.32 Å². The molecular formula is C12H10N2OS. The first-order valence-corrected chi connectivity index (χ1v) is 5.66. The molecule has 1 amide bonds. The molecule has 0 aliphatic carbocycles. The second kappa shape index (κ2) is 5.23. The third kappa shape index (κ3) is 3.03. The Morgan fingerprint density at radius 3 is 2.94 bits per heavy atom. The van der Waals surface area contributed by atoms with Crippen LogP contribution in [0.3, 0.4) is 0 Å². The van der Waals surface area contributed by atoms with E-state index in [9.17, 15) is 4.79 Å². The normalized spacial score (nSPS) is 10.5. The lowest BCUT2D eigenvalue weighted by molar-refractivity contribution is -0.111. The topological polar surface area (TPSA) is 42.0 Å². The van der Waals surface area contributed by atoms with Crippen LogP contribution in [0, 0.1) is 0 Å². The third-order valence-electron chi connectivity index (χ3n) is 1.86. The number of nitrogens with zero attached hydrogens (tertiary/aromatic N) is 1. The van der Waals surface area contributed by atoms with Gasteiger partial charge in [-0.25, -0.2) is 4.98 Å². The van der Waals surface area contributed by atoms with Crippen molar-refractivity contribution in [3.05, 3.63) is 52.9 Å². The molecule has 0 spiro atoms. The first-order chi connectivity index (χ1) is 7.84. The van der Waals surface area contributed by atoms with E-state index < -0.39 is 0 Å². The second-order valence-corrected chi connectivity index (χ2v) is 4.03. The van der Waals surface area contributed by atoms with Crippen LogP contribution in [0.1, 0.15) is 4.88 Å². The molecule has 0 saturated heterocycles. The van der Waals surface area contributed by atoms with Gasteiger partial charge in [-0.05, 0) is 29.7 Å². The molecule has 4 heteroatoms. The Kier molecular flexibility index (Phi) is 3.46. The van der Waals surface area contributed by atoms with Crippen molar-refractivity contribution < 1.29 is 4.79 Å². The minimum atomic E-state index is -0.174. The molecule has 2 rings (SSSR count). The molecule has 0 fully saturated rings. The monoisotopic (exact) mass is 230 g/mol. The van der Waals surface area contributed by atoms with Crippen LogP contribution in [0.2, 0.25) is 0 Å². The van der Waals surface area contributed by atoms with Crippen molar-refractivity contribution in [2.75, 3.05) is 5.32 Å². The number of thiophene rings is 1. The molecule has 2 aromatic heterocycles. The molecular weight excluding hydrogens is 220 g/mol. The lowest BCUT2D eigenvalue weighted by Gasteiger charge is -1.98. The van der Waals surface area contributed by atoms with Gasteiger partial charge in [-0.15, -0.1) is 11.3 Å². The summed E-state index contributed by atoms with van der Waals surface area (Å²) in [6.45, 7) is 0. The van der Waals surface area contributed by atoms with Crippen LogP contribution in [0.4, 0.5) is 5.82 Å². The summed E-state index contributed by atoms with van der Waals surface area (Å²) in [5.74, 6) is 0.385. The highest BCUT2D eigenvalue weighted by atomic mass is 32.1. The Morgan fingerprint density at radius 1 is 1.31 bits per heavy atom. The predicted octanol–water partition coefficient (Wildman–Crippen LogP) is 2.79. The molecule has 0 radical (unpaired) electrons. The van der Waals surface area contributed by atoms with Crippen molar-refractivity contribution >= 4 is 29.1 Å². The van der Waals surface area contributed by atoms with E-state index in [1.165, 1.54) is 6.08 Å².